The van der Waals surface area contributed by atoms with Gasteiger partial charge in [-0.25, -0.2) is 9.97 Å². The minimum atomic E-state index is -4.52. The minimum absolute atomic E-state index is 0.0250. The topological polar surface area (TPSA) is 64.5 Å². The molecule has 9 heteroatoms. The summed E-state index contributed by atoms with van der Waals surface area (Å²) in [5.41, 5.74) is -0.997. The lowest BCUT2D eigenvalue weighted by atomic mass is 10.2. The highest BCUT2D eigenvalue weighted by atomic mass is 19.4. The van der Waals surface area contributed by atoms with E-state index in [9.17, 15) is 18.0 Å². The highest BCUT2D eigenvalue weighted by Gasteiger charge is 2.34. The molecule has 0 spiro atoms. The van der Waals surface area contributed by atoms with E-state index in [4.69, 9.17) is 4.74 Å². The van der Waals surface area contributed by atoms with Crippen molar-refractivity contribution in [3.8, 4) is 0 Å². The maximum atomic E-state index is 12.6. The van der Waals surface area contributed by atoms with Gasteiger partial charge in [-0.2, -0.15) is 13.2 Å². The average molecular weight is 305 g/mol. The first-order valence-corrected chi connectivity index (χ1v) is 6.23. The van der Waals surface area contributed by atoms with E-state index in [-0.39, 0.29) is 25.5 Å². The number of esters is 1. The van der Waals surface area contributed by atoms with E-state index in [1.807, 2.05) is 0 Å². The van der Waals surface area contributed by atoms with E-state index in [1.165, 1.54) is 7.11 Å². The summed E-state index contributed by atoms with van der Waals surface area (Å²) in [6.45, 7) is 0.872. The van der Waals surface area contributed by atoms with Crippen LogP contribution < -0.4 is 4.90 Å². The van der Waals surface area contributed by atoms with E-state index >= 15 is 0 Å². The number of nitrogens with zero attached hydrogens (tertiary/aromatic N) is 3. The van der Waals surface area contributed by atoms with Crippen molar-refractivity contribution in [2.75, 3.05) is 31.7 Å². The Morgan fingerprint density at radius 1 is 1.57 bits per heavy atom. The normalized spacial score (nSPS) is 19.4. The summed E-state index contributed by atoms with van der Waals surface area (Å²) in [6.07, 6.45) is -3.87. The van der Waals surface area contributed by atoms with Gasteiger partial charge in [-0.05, 0) is 6.07 Å². The predicted octanol–water partition coefficient (Wildman–Crippen LogP) is 1.26. The fraction of sp³-hybridized carbons (Fsp3) is 0.583. The monoisotopic (exact) mass is 305 g/mol. The van der Waals surface area contributed by atoms with Crippen molar-refractivity contribution < 1.29 is 27.4 Å². The number of carbonyl (C=O) groups excluding carboxylic acids is 1. The molecule has 0 aliphatic carbocycles. The quantitative estimate of drug-likeness (QED) is 0.784. The number of alkyl halides is 3. The molecule has 1 saturated heterocycles. The van der Waals surface area contributed by atoms with Crippen LogP contribution in [0.1, 0.15) is 12.1 Å². The van der Waals surface area contributed by atoms with Crippen LogP contribution in [-0.4, -0.2) is 48.8 Å². The van der Waals surface area contributed by atoms with Crippen LogP contribution in [0.3, 0.4) is 0 Å². The number of hydrogen-bond donors (Lipinski definition) is 0. The summed E-state index contributed by atoms with van der Waals surface area (Å²) in [7, 11) is 1.26. The van der Waals surface area contributed by atoms with Crippen molar-refractivity contribution in [3.05, 3.63) is 18.0 Å². The van der Waals surface area contributed by atoms with Crippen molar-refractivity contribution in [2.24, 2.45) is 0 Å². The van der Waals surface area contributed by atoms with Gasteiger partial charge < -0.3 is 14.4 Å². The largest absolute Gasteiger partial charge is 0.469 e. The molecule has 1 atom stereocenters. The molecular weight excluding hydrogens is 291 g/mol. The van der Waals surface area contributed by atoms with E-state index in [2.05, 4.69) is 14.7 Å². The van der Waals surface area contributed by atoms with Gasteiger partial charge in [-0.3, -0.25) is 4.79 Å². The standard InChI is InChI=1S/C12H14F3N3O3/c1-20-10(19)6-8-7-18(4-5-21-8)11-16-3-2-9(17-11)12(13,14)15/h2-3,8H,4-7H2,1H3. The number of halogens is 3. The molecule has 1 aliphatic rings. The lowest BCUT2D eigenvalue weighted by molar-refractivity contribution is -0.144. The Hall–Kier alpha value is -1.90. The Bertz CT molecular complexity index is 510. The van der Waals surface area contributed by atoms with E-state index in [0.717, 1.165) is 12.3 Å². The summed E-state index contributed by atoms with van der Waals surface area (Å²) < 4.78 is 47.8. The first kappa shape index (κ1) is 15.5. The van der Waals surface area contributed by atoms with Gasteiger partial charge in [0.25, 0.3) is 0 Å². The second kappa shape index (κ2) is 6.25. The second-order valence-corrected chi connectivity index (χ2v) is 4.46. The van der Waals surface area contributed by atoms with Gasteiger partial charge in [0, 0.05) is 19.3 Å². The molecule has 2 rings (SSSR count). The summed E-state index contributed by atoms with van der Waals surface area (Å²) >= 11 is 0. The zero-order valence-corrected chi connectivity index (χ0v) is 11.3. The molecule has 0 radical (unpaired) electrons. The number of anilines is 1. The zero-order valence-electron chi connectivity index (χ0n) is 11.3. The van der Waals surface area contributed by atoms with Crippen molar-refractivity contribution >= 4 is 11.9 Å². The molecule has 2 heterocycles. The summed E-state index contributed by atoms with van der Waals surface area (Å²) in [5, 5.41) is 0. The number of aromatic nitrogens is 2. The first-order chi connectivity index (χ1) is 9.90. The van der Waals surface area contributed by atoms with Crippen LogP contribution >= 0.6 is 0 Å². The van der Waals surface area contributed by atoms with Gasteiger partial charge in [0.1, 0.15) is 5.69 Å². The SMILES string of the molecule is COC(=O)CC1CN(c2nccc(C(F)(F)F)n2)CCO1. The second-order valence-electron chi connectivity index (χ2n) is 4.46. The number of ether oxygens (including phenoxy) is 2. The van der Waals surface area contributed by atoms with Crippen LogP contribution in [-0.2, 0) is 20.4 Å². The highest BCUT2D eigenvalue weighted by Crippen LogP contribution is 2.28. The van der Waals surface area contributed by atoms with Crippen LogP contribution in [0.25, 0.3) is 0 Å². The Morgan fingerprint density at radius 3 is 3.00 bits per heavy atom. The molecule has 1 unspecified atom stereocenters. The smallest absolute Gasteiger partial charge is 0.433 e. The van der Waals surface area contributed by atoms with E-state index < -0.39 is 23.9 Å². The van der Waals surface area contributed by atoms with Gasteiger partial charge in [0.2, 0.25) is 5.95 Å². The van der Waals surface area contributed by atoms with Crippen LogP contribution in [0.15, 0.2) is 12.3 Å². The fourth-order valence-electron chi connectivity index (χ4n) is 1.95. The molecule has 0 saturated carbocycles. The summed E-state index contributed by atoms with van der Waals surface area (Å²) in [5.74, 6) is -0.463. The number of rotatable bonds is 3. The molecule has 116 valence electrons. The molecule has 0 aromatic carbocycles. The van der Waals surface area contributed by atoms with E-state index in [0.29, 0.717) is 6.54 Å². The van der Waals surface area contributed by atoms with Gasteiger partial charge in [0.05, 0.1) is 26.2 Å². The molecule has 6 nitrogen and oxygen atoms in total. The third-order valence-corrected chi connectivity index (χ3v) is 2.98. The fourth-order valence-corrected chi connectivity index (χ4v) is 1.95. The third-order valence-electron chi connectivity index (χ3n) is 2.98. The summed E-state index contributed by atoms with van der Waals surface area (Å²) in [4.78, 5) is 20.1. The summed E-state index contributed by atoms with van der Waals surface area (Å²) in [6, 6.07) is 0.815. The van der Waals surface area contributed by atoms with Crippen molar-refractivity contribution in [1.29, 1.82) is 0 Å². The Morgan fingerprint density at radius 2 is 2.33 bits per heavy atom. The maximum absolute atomic E-state index is 12.6. The molecule has 1 aromatic heterocycles. The zero-order chi connectivity index (χ0) is 15.5. The molecule has 1 aromatic rings. The van der Waals surface area contributed by atoms with Crippen molar-refractivity contribution in [1.82, 2.24) is 9.97 Å². The lowest BCUT2D eigenvalue weighted by Gasteiger charge is -2.32. The van der Waals surface area contributed by atoms with Gasteiger partial charge in [0.15, 0.2) is 0 Å². The first-order valence-electron chi connectivity index (χ1n) is 6.23. The van der Waals surface area contributed by atoms with Gasteiger partial charge in [-0.15, -0.1) is 0 Å². The van der Waals surface area contributed by atoms with Crippen LogP contribution in [0.4, 0.5) is 19.1 Å². The Kier molecular flexibility index (Phi) is 4.61. The number of carbonyl (C=O) groups is 1. The molecule has 1 aliphatic heterocycles. The lowest BCUT2D eigenvalue weighted by Crippen LogP contribution is -2.44. The molecule has 0 N–H and O–H groups in total. The third kappa shape index (κ3) is 4.03. The average Bonchev–Trinajstić information content (AvgIpc) is 2.46. The van der Waals surface area contributed by atoms with Crippen LogP contribution in [0, 0.1) is 0 Å². The molecule has 1 fully saturated rings. The predicted molar refractivity (Wildman–Crippen MR) is 65.6 cm³/mol. The molecule has 21 heavy (non-hydrogen) atoms. The Labute approximate surface area is 118 Å². The number of morpholine rings is 1. The molecular formula is C12H14F3N3O3. The van der Waals surface area contributed by atoms with Crippen molar-refractivity contribution in [3.63, 3.8) is 0 Å². The van der Waals surface area contributed by atoms with Crippen molar-refractivity contribution in [2.45, 2.75) is 18.7 Å². The minimum Gasteiger partial charge on any atom is -0.469 e. The molecule has 0 amide bonds. The number of hydrogen-bond acceptors (Lipinski definition) is 6. The van der Waals surface area contributed by atoms with Gasteiger partial charge >= 0.3 is 12.1 Å². The van der Waals surface area contributed by atoms with E-state index in [1.54, 1.807) is 4.90 Å². The van der Waals surface area contributed by atoms with Crippen LogP contribution in [0.2, 0.25) is 0 Å². The van der Waals surface area contributed by atoms with Crippen LogP contribution in [0.5, 0.6) is 0 Å². The number of methoxy groups -OCH3 is 1. The van der Waals surface area contributed by atoms with Gasteiger partial charge in [-0.1, -0.05) is 0 Å². The highest BCUT2D eigenvalue weighted by molar-refractivity contribution is 5.69. The maximum Gasteiger partial charge on any atom is 0.433 e. The molecule has 0 bridgehead atoms. The Balaban J connectivity index is 2.09.